The zero-order chi connectivity index (χ0) is 17.7. The third kappa shape index (κ3) is 4.24. The number of aromatic carboxylic acids is 1. The van der Waals surface area contributed by atoms with Gasteiger partial charge in [-0.2, -0.15) is 0 Å². The predicted octanol–water partition coefficient (Wildman–Crippen LogP) is 2.94. The highest BCUT2D eigenvalue weighted by atomic mass is 35.5. The number of hydrogen-bond acceptors (Lipinski definition) is 4. The lowest BCUT2D eigenvalue weighted by Crippen LogP contribution is -2.44. The minimum atomic E-state index is -1.02. The molecule has 1 atom stereocenters. The minimum absolute atomic E-state index is 0.169. The molecule has 0 radical (unpaired) electrons. The van der Waals surface area contributed by atoms with Crippen molar-refractivity contribution in [1.82, 2.24) is 5.48 Å². The second kappa shape index (κ2) is 7.81. The number of anilines is 1. The van der Waals surface area contributed by atoms with Crippen molar-refractivity contribution in [3.05, 3.63) is 64.7 Å². The van der Waals surface area contributed by atoms with Gasteiger partial charge in [0.25, 0.3) is 5.91 Å². The average molecular weight is 349 g/mol. The molecule has 0 bridgehead atoms. The third-order valence-electron chi connectivity index (χ3n) is 3.64. The van der Waals surface area contributed by atoms with Gasteiger partial charge in [0.2, 0.25) is 0 Å². The van der Waals surface area contributed by atoms with Gasteiger partial charge in [-0.05, 0) is 48.9 Å². The van der Waals surface area contributed by atoms with E-state index < -0.39 is 17.9 Å². The average Bonchev–Trinajstić information content (AvgIpc) is 2.59. The molecule has 126 valence electrons. The number of hydrogen-bond donors (Lipinski definition) is 3. The van der Waals surface area contributed by atoms with Gasteiger partial charge in [-0.25, -0.2) is 10.3 Å². The molecule has 0 saturated heterocycles. The molecule has 1 unspecified atom stereocenters. The summed E-state index contributed by atoms with van der Waals surface area (Å²) in [4.78, 5) is 24.7. The molecule has 0 heterocycles. The van der Waals surface area contributed by atoms with Crippen LogP contribution in [0.3, 0.4) is 0 Å². The quantitative estimate of drug-likeness (QED) is 0.551. The first-order valence-corrected chi connectivity index (χ1v) is 7.58. The van der Waals surface area contributed by atoms with Crippen LogP contribution in [0.5, 0.6) is 0 Å². The first-order chi connectivity index (χ1) is 11.4. The Morgan fingerprint density at radius 1 is 1.21 bits per heavy atom. The van der Waals surface area contributed by atoms with Gasteiger partial charge in [0.05, 0.1) is 5.56 Å². The lowest BCUT2D eigenvalue weighted by Gasteiger charge is -2.30. The van der Waals surface area contributed by atoms with Crippen molar-refractivity contribution in [2.75, 3.05) is 4.90 Å². The van der Waals surface area contributed by atoms with Gasteiger partial charge in [0, 0.05) is 17.3 Å². The zero-order valence-corrected chi connectivity index (χ0v) is 13.7. The van der Waals surface area contributed by atoms with Crippen molar-refractivity contribution < 1.29 is 19.9 Å². The fraction of sp³-hybridized carbons (Fsp3) is 0.176. The Morgan fingerprint density at radius 2 is 1.88 bits per heavy atom. The van der Waals surface area contributed by atoms with Crippen molar-refractivity contribution >= 4 is 29.2 Å². The van der Waals surface area contributed by atoms with E-state index in [1.54, 1.807) is 59.8 Å². The van der Waals surface area contributed by atoms with Crippen molar-refractivity contribution in [2.24, 2.45) is 0 Å². The van der Waals surface area contributed by atoms with Crippen LogP contribution in [-0.2, 0) is 11.3 Å². The molecule has 0 aliphatic rings. The molecule has 3 N–H and O–H groups in total. The van der Waals surface area contributed by atoms with E-state index in [0.717, 1.165) is 11.3 Å². The summed E-state index contributed by atoms with van der Waals surface area (Å²) in [6, 6.07) is 12.7. The van der Waals surface area contributed by atoms with Gasteiger partial charge in [-0.1, -0.05) is 23.7 Å². The van der Waals surface area contributed by atoms with E-state index >= 15 is 0 Å². The van der Waals surface area contributed by atoms with Crippen LogP contribution in [0.4, 0.5) is 5.69 Å². The maximum absolute atomic E-state index is 11.8. The van der Waals surface area contributed by atoms with E-state index in [1.807, 2.05) is 0 Å². The third-order valence-corrected chi connectivity index (χ3v) is 3.89. The molecule has 0 aliphatic heterocycles. The molecule has 6 nitrogen and oxygen atoms in total. The van der Waals surface area contributed by atoms with Crippen molar-refractivity contribution in [2.45, 2.75) is 19.5 Å². The van der Waals surface area contributed by atoms with Crippen LogP contribution < -0.4 is 10.4 Å². The number of rotatable bonds is 6. The standard InChI is InChI=1S/C17H17ClN2O4/c1-11(16(21)19-24)20(15-7-5-14(18)6-8-15)10-12-3-2-4-13(9-12)17(22)23/h2-9,11,24H,10H2,1H3,(H,19,21)(H,22,23). The summed E-state index contributed by atoms with van der Waals surface area (Å²) in [6.45, 7) is 1.93. The fourth-order valence-corrected chi connectivity index (χ4v) is 2.44. The van der Waals surface area contributed by atoms with E-state index in [2.05, 4.69) is 0 Å². The maximum atomic E-state index is 11.8. The Bertz CT molecular complexity index is 734. The highest BCUT2D eigenvalue weighted by Crippen LogP contribution is 2.23. The summed E-state index contributed by atoms with van der Waals surface area (Å²) in [5, 5.41) is 18.6. The van der Waals surface area contributed by atoms with Gasteiger partial charge in [0.1, 0.15) is 6.04 Å². The summed E-state index contributed by atoms with van der Waals surface area (Å²) in [5.74, 6) is -1.59. The van der Waals surface area contributed by atoms with Crippen LogP contribution in [0.2, 0.25) is 5.02 Å². The summed E-state index contributed by atoms with van der Waals surface area (Å²) in [7, 11) is 0. The van der Waals surface area contributed by atoms with Gasteiger partial charge >= 0.3 is 5.97 Å². The Morgan fingerprint density at radius 3 is 2.46 bits per heavy atom. The molecule has 2 aromatic rings. The van der Waals surface area contributed by atoms with E-state index in [0.29, 0.717) is 5.02 Å². The number of nitrogens with zero attached hydrogens (tertiary/aromatic N) is 1. The Kier molecular flexibility index (Phi) is 5.78. The molecular weight excluding hydrogens is 332 g/mol. The smallest absolute Gasteiger partial charge is 0.335 e. The molecular formula is C17H17ClN2O4. The molecule has 7 heteroatoms. The number of carbonyl (C=O) groups is 2. The molecule has 1 amide bonds. The highest BCUT2D eigenvalue weighted by Gasteiger charge is 2.22. The largest absolute Gasteiger partial charge is 0.478 e. The van der Waals surface area contributed by atoms with E-state index in [-0.39, 0.29) is 12.1 Å². The number of hydroxylamine groups is 1. The number of carbonyl (C=O) groups excluding carboxylic acids is 1. The van der Waals surface area contributed by atoms with Gasteiger partial charge in [-0.3, -0.25) is 10.0 Å². The molecule has 0 spiro atoms. The molecule has 0 aromatic heterocycles. The van der Waals surface area contributed by atoms with Crippen LogP contribution in [0.25, 0.3) is 0 Å². The minimum Gasteiger partial charge on any atom is -0.478 e. The summed E-state index contributed by atoms with van der Waals surface area (Å²) < 4.78 is 0. The number of halogens is 1. The van der Waals surface area contributed by atoms with Gasteiger partial charge in [0.15, 0.2) is 0 Å². The van der Waals surface area contributed by atoms with Crippen LogP contribution in [0.1, 0.15) is 22.8 Å². The van der Waals surface area contributed by atoms with Crippen LogP contribution in [-0.4, -0.2) is 28.2 Å². The molecule has 0 fully saturated rings. The second-order valence-electron chi connectivity index (χ2n) is 5.26. The van der Waals surface area contributed by atoms with E-state index in [4.69, 9.17) is 21.9 Å². The molecule has 0 aliphatic carbocycles. The number of amides is 1. The second-order valence-corrected chi connectivity index (χ2v) is 5.70. The van der Waals surface area contributed by atoms with Crippen LogP contribution >= 0.6 is 11.6 Å². The highest BCUT2D eigenvalue weighted by molar-refractivity contribution is 6.30. The van der Waals surface area contributed by atoms with Crippen LogP contribution in [0.15, 0.2) is 48.5 Å². The summed E-state index contributed by atoms with van der Waals surface area (Å²) in [5.41, 5.74) is 3.25. The summed E-state index contributed by atoms with van der Waals surface area (Å²) >= 11 is 5.90. The lowest BCUT2D eigenvalue weighted by atomic mass is 10.1. The van der Waals surface area contributed by atoms with Crippen molar-refractivity contribution in [3.8, 4) is 0 Å². The van der Waals surface area contributed by atoms with Gasteiger partial charge < -0.3 is 10.0 Å². The van der Waals surface area contributed by atoms with E-state index in [1.165, 1.54) is 6.07 Å². The lowest BCUT2D eigenvalue weighted by molar-refractivity contribution is -0.130. The summed E-state index contributed by atoms with van der Waals surface area (Å²) in [6.07, 6.45) is 0. The molecule has 0 saturated carbocycles. The first-order valence-electron chi connectivity index (χ1n) is 7.20. The number of benzene rings is 2. The Balaban J connectivity index is 2.35. The van der Waals surface area contributed by atoms with E-state index in [9.17, 15) is 9.59 Å². The first kappa shape index (κ1) is 17.8. The van der Waals surface area contributed by atoms with Crippen LogP contribution in [0, 0.1) is 0 Å². The zero-order valence-electron chi connectivity index (χ0n) is 12.9. The fourth-order valence-electron chi connectivity index (χ4n) is 2.32. The SMILES string of the molecule is CC(C(=O)NO)N(Cc1cccc(C(=O)O)c1)c1ccc(Cl)cc1. The Hall–Kier alpha value is -2.57. The Labute approximate surface area is 144 Å². The predicted molar refractivity (Wildman–Crippen MR) is 90.4 cm³/mol. The normalized spacial score (nSPS) is 11.6. The molecule has 2 rings (SSSR count). The van der Waals surface area contributed by atoms with Gasteiger partial charge in [-0.15, -0.1) is 0 Å². The molecule has 24 heavy (non-hydrogen) atoms. The van der Waals surface area contributed by atoms with Crippen molar-refractivity contribution in [3.63, 3.8) is 0 Å². The molecule has 2 aromatic carbocycles. The maximum Gasteiger partial charge on any atom is 0.335 e. The monoisotopic (exact) mass is 348 g/mol. The topological polar surface area (TPSA) is 89.9 Å². The number of nitrogens with one attached hydrogen (secondary N) is 1. The van der Waals surface area contributed by atoms with Crippen molar-refractivity contribution in [1.29, 1.82) is 0 Å². The number of carboxylic acid groups (broad SMARTS) is 1. The number of carboxylic acids is 1.